The first kappa shape index (κ1) is 20.8. The van der Waals surface area contributed by atoms with Crippen LogP contribution in [0.1, 0.15) is 66.2 Å². The molecule has 0 rings (SSSR count). The molecule has 0 spiro atoms. The average molecular weight is 233 g/mol. The summed E-state index contributed by atoms with van der Waals surface area (Å²) in [6.07, 6.45) is 9.80. The highest BCUT2D eigenvalue weighted by molar-refractivity contribution is 7.16. The summed E-state index contributed by atoms with van der Waals surface area (Å²) >= 11 is 0. The minimum Gasteiger partial charge on any atom is -0.326 e. The molecular weight excluding hydrogens is 200 g/mol. The summed E-state index contributed by atoms with van der Waals surface area (Å²) in [4.78, 5) is 0. The molecule has 15 heavy (non-hydrogen) atoms. The van der Waals surface area contributed by atoms with Gasteiger partial charge in [-0.1, -0.05) is 39.0 Å². The van der Waals surface area contributed by atoms with E-state index in [0.717, 1.165) is 0 Å². The van der Waals surface area contributed by atoms with Crippen molar-refractivity contribution < 1.29 is 0 Å². The van der Waals surface area contributed by atoms with Crippen molar-refractivity contribution in [1.29, 1.82) is 0 Å². The maximum absolute atomic E-state index is 5.35. The largest absolute Gasteiger partial charge is 0.326 e. The Labute approximate surface area is 102 Å². The Bertz CT molecular complexity index is 90.3. The minimum atomic E-state index is 0. The van der Waals surface area contributed by atoms with Gasteiger partial charge in [0.1, 0.15) is 0 Å². The van der Waals surface area contributed by atoms with Gasteiger partial charge in [0.2, 0.25) is 0 Å². The predicted octanol–water partition coefficient (Wildman–Crippen LogP) is 2.78. The molecule has 2 N–H and O–H groups in total. The van der Waals surface area contributed by atoms with Crippen molar-refractivity contribution in [3.8, 4) is 0 Å². The van der Waals surface area contributed by atoms with Crippen LogP contribution < -0.4 is 5.73 Å². The van der Waals surface area contributed by atoms with E-state index in [1.54, 1.807) is 0 Å². The highest BCUT2D eigenvalue weighted by atomic mass is 31.0. The second kappa shape index (κ2) is 14.5. The molecule has 0 radical (unpaired) electrons. The fraction of sp³-hybridized carbons (Fsp3) is 1.00. The zero-order valence-electron chi connectivity index (χ0n) is 10.6. The third kappa shape index (κ3) is 53.8. The first-order chi connectivity index (χ1) is 6.41. The van der Waals surface area contributed by atoms with Crippen LogP contribution in [0, 0.1) is 0 Å². The van der Waals surface area contributed by atoms with Crippen LogP contribution in [0.2, 0.25) is 0 Å². The fourth-order valence-corrected chi connectivity index (χ4v) is 1.21. The highest BCUT2D eigenvalue weighted by Crippen LogP contribution is 2.05. The van der Waals surface area contributed by atoms with Crippen LogP contribution in [-0.2, 0) is 0 Å². The van der Waals surface area contributed by atoms with Crippen molar-refractivity contribution in [1.82, 2.24) is 0 Å². The van der Waals surface area contributed by atoms with Gasteiger partial charge in [-0.15, -0.1) is 9.24 Å². The molecule has 0 aromatic heterocycles. The van der Waals surface area contributed by atoms with Crippen LogP contribution in [-0.4, -0.2) is 20.1 Å². The number of nitrogens with two attached hydrogens (primary N) is 1. The fourth-order valence-electron chi connectivity index (χ4n) is 0.925. The van der Waals surface area contributed by atoms with Gasteiger partial charge in [0, 0.05) is 5.54 Å². The van der Waals surface area contributed by atoms with E-state index in [0.29, 0.717) is 0 Å². The molecule has 0 aliphatic rings. The third-order valence-electron chi connectivity index (χ3n) is 1.56. The van der Waals surface area contributed by atoms with Crippen LogP contribution in [0.5, 0.6) is 0 Å². The van der Waals surface area contributed by atoms with Crippen LogP contribution in [0.4, 0.5) is 0 Å². The van der Waals surface area contributed by atoms with Crippen molar-refractivity contribution in [3.63, 3.8) is 0 Å². The zero-order valence-corrected chi connectivity index (χ0v) is 11.8. The zero-order chi connectivity index (χ0) is 11.4. The van der Waals surface area contributed by atoms with Crippen LogP contribution >= 0.6 is 9.24 Å². The summed E-state index contributed by atoms with van der Waals surface area (Å²) in [6, 6.07) is 0. The quantitative estimate of drug-likeness (QED) is 0.426. The Morgan fingerprint density at radius 1 is 0.933 bits per heavy atom. The van der Waals surface area contributed by atoms with E-state index in [1.807, 2.05) is 20.8 Å². The number of rotatable bonds is 6. The van der Waals surface area contributed by atoms with E-state index in [1.165, 1.54) is 44.7 Å². The van der Waals surface area contributed by atoms with Crippen molar-refractivity contribution >= 4 is 17.7 Å². The molecule has 0 aromatic rings. The van der Waals surface area contributed by atoms with Crippen molar-refractivity contribution in [2.24, 2.45) is 5.73 Å². The second-order valence-electron chi connectivity index (χ2n) is 4.92. The Kier molecular flexibility index (Phi) is 20.1. The average Bonchev–Trinajstić information content (AvgIpc) is 2.01. The molecule has 1 atom stereocenters. The number of hydrogen-bond acceptors (Lipinski definition) is 1. The van der Waals surface area contributed by atoms with Crippen LogP contribution in [0.25, 0.3) is 0 Å². The van der Waals surface area contributed by atoms with E-state index in [9.17, 15) is 0 Å². The van der Waals surface area contributed by atoms with E-state index in [-0.39, 0.29) is 14.0 Å². The summed E-state index contributed by atoms with van der Waals surface area (Å²) in [7, 11) is 2.78. The van der Waals surface area contributed by atoms with Gasteiger partial charge in [0.15, 0.2) is 0 Å². The smallest absolute Gasteiger partial charge is 0.0814 e. The maximum Gasteiger partial charge on any atom is 0.0814 e. The monoisotopic (exact) mass is 233 g/mol. The molecule has 3 heteroatoms. The molecule has 1 nitrogen and oxygen atoms in total. The van der Waals surface area contributed by atoms with E-state index < -0.39 is 0 Å². The molecule has 0 aliphatic heterocycles. The normalized spacial score (nSPS) is 10.0. The maximum atomic E-state index is 5.35. The predicted molar refractivity (Wildman–Crippen MR) is 81.8 cm³/mol. The van der Waals surface area contributed by atoms with Gasteiger partial charge in [-0.05, 0) is 33.4 Å². The molecule has 0 heterocycles. The van der Waals surface area contributed by atoms with E-state index in [2.05, 4.69) is 16.2 Å². The lowest BCUT2D eigenvalue weighted by molar-refractivity contribution is 0.580. The SMILES string of the molecule is B.CC(C)(C)N.CCCCCCCCP. The summed E-state index contributed by atoms with van der Waals surface area (Å²) in [6.45, 7) is 8.16. The molecule has 0 saturated heterocycles. The first-order valence-electron chi connectivity index (χ1n) is 5.90. The summed E-state index contributed by atoms with van der Waals surface area (Å²) in [5.41, 5.74) is 5.35. The molecule has 0 amide bonds. The summed E-state index contributed by atoms with van der Waals surface area (Å²) in [5, 5.41) is 0. The first-order valence-corrected chi connectivity index (χ1v) is 6.72. The van der Waals surface area contributed by atoms with Gasteiger partial charge in [0.25, 0.3) is 0 Å². The molecule has 0 aliphatic carbocycles. The van der Waals surface area contributed by atoms with E-state index >= 15 is 0 Å². The van der Waals surface area contributed by atoms with Crippen molar-refractivity contribution in [2.75, 3.05) is 6.16 Å². The molecule has 0 saturated carbocycles. The molecule has 0 fully saturated rings. The Hall–Kier alpha value is 0.455. The van der Waals surface area contributed by atoms with Gasteiger partial charge in [-0.3, -0.25) is 0 Å². The molecule has 94 valence electrons. The Morgan fingerprint density at radius 3 is 1.60 bits per heavy atom. The topological polar surface area (TPSA) is 26.0 Å². The minimum absolute atomic E-state index is 0. The lowest BCUT2D eigenvalue weighted by Crippen LogP contribution is -2.26. The van der Waals surface area contributed by atoms with Gasteiger partial charge in [-0.25, -0.2) is 0 Å². The summed E-state index contributed by atoms with van der Waals surface area (Å²) < 4.78 is 0. The third-order valence-corrected chi connectivity index (χ3v) is 1.97. The molecular formula is C12H33BNP. The Morgan fingerprint density at radius 2 is 1.27 bits per heavy atom. The standard InChI is InChI=1S/C8H19P.C4H11N.BH3/c1-2-3-4-5-6-7-8-9;1-4(2,3)5;/h2-9H2,1H3;5H2,1-3H3;1H3. The van der Waals surface area contributed by atoms with Crippen molar-refractivity contribution in [3.05, 3.63) is 0 Å². The number of unbranched alkanes of at least 4 members (excludes halogenated alkanes) is 5. The van der Waals surface area contributed by atoms with E-state index in [4.69, 9.17) is 5.73 Å². The molecule has 1 unspecified atom stereocenters. The summed E-state index contributed by atoms with van der Waals surface area (Å²) in [5.74, 6) is 0. The Balaban J connectivity index is -0.000000208. The molecule has 0 aromatic carbocycles. The van der Waals surface area contributed by atoms with Crippen LogP contribution in [0.15, 0.2) is 0 Å². The highest BCUT2D eigenvalue weighted by Gasteiger charge is 1.95. The lowest BCUT2D eigenvalue weighted by Gasteiger charge is -2.06. The van der Waals surface area contributed by atoms with Crippen LogP contribution in [0.3, 0.4) is 0 Å². The van der Waals surface area contributed by atoms with Gasteiger partial charge in [0.05, 0.1) is 8.41 Å². The van der Waals surface area contributed by atoms with Gasteiger partial charge in [-0.2, -0.15) is 0 Å². The van der Waals surface area contributed by atoms with Gasteiger partial charge >= 0.3 is 0 Å². The van der Waals surface area contributed by atoms with Gasteiger partial charge < -0.3 is 5.73 Å². The number of hydrogen-bond donors (Lipinski definition) is 1. The van der Waals surface area contributed by atoms with Crippen molar-refractivity contribution in [2.45, 2.75) is 71.8 Å². The molecule has 0 bridgehead atoms. The lowest BCUT2D eigenvalue weighted by atomic mass is 10.1. The second-order valence-corrected chi connectivity index (χ2v) is 5.50.